The molecule has 0 radical (unpaired) electrons. The zero-order valence-electron chi connectivity index (χ0n) is 10.7. The monoisotopic (exact) mass is 311 g/mol. The number of alkyl halides is 3. The van der Waals surface area contributed by atoms with E-state index in [0.29, 0.717) is 5.75 Å². The molecule has 0 aromatic rings. The molecule has 0 saturated heterocycles. The van der Waals surface area contributed by atoms with Gasteiger partial charge in [-0.2, -0.15) is 13.2 Å². The molecule has 1 aliphatic rings. The quantitative estimate of drug-likeness (QED) is 0.831. The summed E-state index contributed by atoms with van der Waals surface area (Å²) >= 11 is 0.968. The molecule has 0 fully saturated rings. The first kappa shape index (κ1) is 16.5. The van der Waals surface area contributed by atoms with E-state index in [1.54, 1.807) is 6.92 Å². The van der Waals surface area contributed by atoms with Gasteiger partial charge in [0.25, 0.3) is 11.7 Å². The number of hydrogen-bond donors (Lipinski definition) is 1. The first-order chi connectivity index (χ1) is 9.11. The Bertz CT molecular complexity index is 487. The molecule has 5 nitrogen and oxygen atoms in total. The van der Waals surface area contributed by atoms with Crippen LogP contribution in [0, 0.1) is 0 Å². The summed E-state index contributed by atoms with van der Waals surface area (Å²) in [5, 5.41) is 7.59. The lowest BCUT2D eigenvalue weighted by atomic mass is 10.0. The van der Waals surface area contributed by atoms with E-state index in [4.69, 9.17) is 5.11 Å². The minimum absolute atomic E-state index is 0.372. The Labute approximate surface area is 116 Å². The molecular weight excluding hydrogens is 299 g/mol. The van der Waals surface area contributed by atoms with Crippen LogP contribution in [-0.4, -0.2) is 52.0 Å². The van der Waals surface area contributed by atoms with Crippen molar-refractivity contribution in [1.82, 2.24) is 4.90 Å². The minimum atomic E-state index is -5.14. The largest absolute Gasteiger partial charge is 0.481 e. The number of thioether (sulfide) groups is 1. The molecule has 0 aromatic carbocycles. The molecule has 1 heterocycles. The van der Waals surface area contributed by atoms with Crippen molar-refractivity contribution in [2.75, 3.05) is 12.8 Å². The molecule has 0 aromatic heterocycles. The first-order valence-corrected chi connectivity index (χ1v) is 6.61. The standard InChI is InChI=1S/C11H12F3NO4S/c1-3-20-10-7(8(18)11(12,13)14)5(4-6(16)17)9(19)15(10)2/h10H,3-4H2,1-2H3,(H,16,17)/t10-/m1/s1. The van der Waals surface area contributed by atoms with Crippen LogP contribution < -0.4 is 0 Å². The maximum absolute atomic E-state index is 12.6. The number of carboxylic acids is 1. The summed E-state index contributed by atoms with van der Waals surface area (Å²) in [5.74, 6) is -4.10. The van der Waals surface area contributed by atoms with Gasteiger partial charge in [0.15, 0.2) is 0 Å². The van der Waals surface area contributed by atoms with E-state index in [9.17, 15) is 27.6 Å². The maximum Gasteiger partial charge on any atom is 0.454 e. The predicted molar refractivity (Wildman–Crippen MR) is 65.0 cm³/mol. The van der Waals surface area contributed by atoms with Gasteiger partial charge in [-0.25, -0.2) is 0 Å². The van der Waals surface area contributed by atoms with Crippen LogP contribution in [0.4, 0.5) is 13.2 Å². The van der Waals surface area contributed by atoms with E-state index in [1.807, 2.05) is 0 Å². The Morgan fingerprint density at radius 1 is 1.40 bits per heavy atom. The molecule has 0 unspecified atom stereocenters. The number of halogens is 3. The smallest absolute Gasteiger partial charge is 0.454 e. The van der Waals surface area contributed by atoms with Gasteiger partial charge in [0.05, 0.1) is 6.42 Å². The third kappa shape index (κ3) is 3.14. The number of likely N-dealkylation sites (N-methyl/N-ethyl adjacent to an activating group) is 1. The van der Waals surface area contributed by atoms with Gasteiger partial charge in [0, 0.05) is 18.2 Å². The molecule has 1 atom stereocenters. The molecular formula is C11H12F3NO4S. The first-order valence-electron chi connectivity index (χ1n) is 5.56. The molecule has 0 bridgehead atoms. The number of ketones is 1. The molecule has 0 saturated carbocycles. The molecule has 1 amide bonds. The molecule has 0 spiro atoms. The van der Waals surface area contributed by atoms with E-state index < -0.39 is 46.8 Å². The van der Waals surface area contributed by atoms with E-state index in [1.165, 1.54) is 7.05 Å². The number of hydrogen-bond acceptors (Lipinski definition) is 4. The van der Waals surface area contributed by atoms with Gasteiger partial charge in [-0.3, -0.25) is 14.4 Å². The molecule has 1 N–H and O–H groups in total. The second kappa shape index (κ2) is 5.86. The van der Waals surface area contributed by atoms with Gasteiger partial charge in [-0.15, -0.1) is 11.8 Å². The fourth-order valence-corrected chi connectivity index (χ4v) is 2.91. The van der Waals surface area contributed by atoms with E-state index in [-0.39, 0.29) is 0 Å². The Kier molecular flexibility index (Phi) is 4.85. The van der Waals surface area contributed by atoms with Crippen molar-refractivity contribution in [2.24, 2.45) is 0 Å². The number of Topliss-reactive ketones (excluding diaryl/α,β-unsaturated/α-hetero) is 1. The van der Waals surface area contributed by atoms with Crippen molar-refractivity contribution in [3.63, 3.8) is 0 Å². The fraction of sp³-hybridized carbons (Fsp3) is 0.545. The fourth-order valence-electron chi connectivity index (χ4n) is 1.85. The van der Waals surface area contributed by atoms with Crippen LogP contribution in [0.1, 0.15) is 13.3 Å². The van der Waals surface area contributed by atoms with Crippen molar-refractivity contribution in [1.29, 1.82) is 0 Å². The summed E-state index contributed by atoms with van der Waals surface area (Å²) < 4.78 is 37.8. The highest BCUT2D eigenvalue weighted by molar-refractivity contribution is 8.00. The Balaban J connectivity index is 3.35. The van der Waals surface area contributed by atoms with Crippen LogP contribution in [0.3, 0.4) is 0 Å². The van der Waals surface area contributed by atoms with E-state index in [2.05, 4.69) is 0 Å². The van der Waals surface area contributed by atoms with Gasteiger partial charge in [0.1, 0.15) is 5.37 Å². The van der Waals surface area contributed by atoms with Crippen LogP contribution in [0.25, 0.3) is 0 Å². The number of carbonyl (C=O) groups is 3. The maximum atomic E-state index is 12.6. The second-order valence-electron chi connectivity index (χ2n) is 4.01. The van der Waals surface area contributed by atoms with Gasteiger partial charge >= 0.3 is 12.1 Å². The van der Waals surface area contributed by atoms with Crippen molar-refractivity contribution >= 4 is 29.4 Å². The molecule has 20 heavy (non-hydrogen) atoms. The highest BCUT2D eigenvalue weighted by Gasteiger charge is 2.50. The lowest BCUT2D eigenvalue weighted by Gasteiger charge is -2.21. The summed E-state index contributed by atoms with van der Waals surface area (Å²) in [7, 11) is 1.24. The van der Waals surface area contributed by atoms with Crippen LogP contribution in [-0.2, 0) is 14.4 Å². The van der Waals surface area contributed by atoms with E-state index in [0.717, 1.165) is 16.7 Å². The third-order valence-corrected chi connectivity index (χ3v) is 3.86. The van der Waals surface area contributed by atoms with Crippen LogP contribution in [0.5, 0.6) is 0 Å². The summed E-state index contributed by atoms with van der Waals surface area (Å²) in [4.78, 5) is 35.0. The highest BCUT2D eigenvalue weighted by atomic mass is 32.2. The number of rotatable bonds is 5. The number of nitrogens with zero attached hydrogens (tertiary/aromatic N) is 1. The Hall–Kier alpha value is -1.51. The number of carbonyl (C=O) groups excluding carboxylic acids is 2. The highest BCUT2D eigenvalue weighted by Crippen LogP contribution is 2.37. The van der Waals surface area contributed by atoms with Gasteiger partial charge in [0.2, 0.25) is 0 Å². The Morgan fingerprint density at radius 2 is 1.95 bits per heavy atom. The number of carboxylic acid groups (broad SMARTS) is 1. The van der Waals surface area contributed by atoms with Crippen molar-refractivity contribution in [3.05, 3.63) is 11.1 Å². The van der Waals surface area contributed by atoms with Crippen LogP contribution in [0.15, 0.2) is 11.1 Å². The molecule has 1 aliphatic heterocycles. The Morgan fingerprint density at radius 3 is 2.35 bits per heavy atom. The zero-order chi connectivity index (χ0) is 15.7. The minimum Gasteiger partial charge on any atom is -0.481 e. The van der Waals surface area contributed by atoms with Gasteiger partial charge in [-0.1, -0.05) is 6.92 Å². The topological polar surface area (TPSA) is 74.7 Å². The molecule has 0 aliphatic carbocycles. The van der Waals surface area contributed by atoms with Crippen molar-refractivity contribution < 1.29 is 32.7 Å². The number of amides is 1. The average molecular weight is 311 g/mol. The zero-order valence-corrected chi connectivity index (χ0v) is 11.5. The lowest BCUT2D eigenvalue weighted by Crippen LogP contribution is -2.34. The summed E-state index contributed by atoms with van der Waals surface area (Å²) in [6.07, 6.45) is -6.04. The molecule has 9 heteroatoms. The van der Waals surface area contributed by atoms with Crippen molar-refractivity contribution in [3.8, 4) is 0 Å². The SMILES string of the molecule is CCS[C@@H]1C(C(=O)C(F)(F)F)=C(CC(=O)O)C(=O)N1C. The lowest BCUT2D eigenvalue weighted by molar-refractivity contribution is -0.166. The van der Waals surface area contributed by atoms with E-state index >= 15 is 0 Å². The third-order valence-electron chi connectivity index (χ3n) is 2.66. The number of aliphatic carboxylic acids is 1. The van der Waals surface area contributed by atoms with Gasteiger partial charge in [-0.05, 0) is 5.75 Å². The van der Waals surface area contributed by atoms with Crippen LogP contribution >= 0.6 is 11.8 Å². The van der Waals surface area contributed by atoms with Crippen molar-refractivity contribution in [2.45, 2.75) is 24.9 Å². The summed E-state index contributed by atoms with van der Waals surface area (Å²) in [6.45, 7) is 1.66. The van der Waals surface area contributed by atoms with Gasteiger partial charge < -0.3 is 10.0 Å². The molecule has 112 valence electrons. The predicted octanol–water partition coefficient (Wildman–Crippen LogP) is 1.44. The normalized spacial score (nSPS) is 19.8. The summed E-state index contributed by atoms with van der Waals surface area (Å²) in [5.41, 5.74) is -1.35. The van der Waals surface area contributed by atoms with Crippen LogP contribution in [0.2, 0.25) is 0 Å². The second-order valence-corrected chi connectivity index (χ2v) is 5.37. The summed E-state index contributed by atoms with van der Waals surface area (Å²) in [6, 6.07) is 0. The molecule has 1 rings (SSSR count). The average Bonchev–Trinajstić information content (AvgIpc) is 2.53.